The minimum absolute atomic E-state index is 0.230. The van der Waals surface area contributed by atoms with Gasteiger partial charge in [-0.05, 0) is 38.1 Å². The second-order valence-electron chi connectivity index (χ2n) is 5.94. The van der Waals surface area contributed by atoms with Crippen molar-refractivity contribution >= 4 is 5.91 Å². The summed E-state index contributed by atoms with van der Waals surface area (Å²) in [5.74, 6) is 1.28. The van der Waals surface area contributed by atoms with Crippen LogP contribution in [0.3, 0.4) is 0 Å². The summed E-state index contributed by atoms with van der Waals surface area (Å²) in [6, 6.07) is 0.500. The van der Waals surface area contributed by atoms with Gasteiger partial charge in [0.2, 0.25) is 5.91 Å². The molecule has 1 rings (SSSR count). The number of hydrogen-bond acceptors (Lipinski definition) is 2. The number of amides is 1. The lowest BCUT2D eigenvalue weighted by Crippen LogP contribution is -2.50. The summed E-state index contributed by atoms with van der Waals surface area (Å²) in [6.45, 7) is 11.6. The number of nitrogens with one attached hydrogen (secondary N) is 1. The molecule has 0 aromatic carbocycles. The van der Waals surface area contributed by atoms with E-state index in [1.807, 2.05) is 0 Å². The number of carbonyl (C=O) groups is 1. The molecule has 1 fully saturated rings. The van der Waals surface area contributed by atoms with Crippen molar-refractivity contribution in [3.8, 4) is 0 Å². The van der Waals surface area contributed by atoms with Crippen LogP contribution in [0.5, 0.6) is 0 Å². The van der Waals surface area contributed by atoms with E-state index in [9.17, 15) is 4.79 Å². The second-order valence-corrected chi connectivity index (χ2v) is 5.94. The Bertz CT molecular complexity index is 249. The quantitative estimate of drug-likeness (QED) is 0.790. The zero-order valence-corrected chi connectivity index (χ0v) is 12.5. The fourth-order valence-corrected chi connectivity index (χ4v) is 2.64. The van der Waals surface area contributed by atoms with Crippen LogP contribution in [0.2, 0.25) is 0 Å². The highest BCUT2D eigenvalue weighted by Gasteiger charge is 2.26. The Morgan fingerprint density at radius 2 is 2.00 bits per heavy atom. The first kappa shape index (κ1) is 15.5. The van der Waals surface area contributed by atoms with E-state index in [0.29, 0.717) is 17.9 Å². The van der Waals surface area contributed by atoms with Crippen LogP contribution in [0.15, 0.2) is 0 Å². The Hall–Kier alpha value is -0.570. The highest BCUT2D eigenvalue weighted by Crippen LogP contribution is 2.17. The van der Waals surface area contributed by atoms with Crippen molar-refractivity contribution in [2.45, 2.75) is 59.4 Å². The van der Waals surface area contributed by atoms with Crippen molar-refractivity contribution in [2.75, 3.05) is 19.6 Å². The standard InChI is InChI=1S/C15H30N2O/c1-5-13(6-2)15(18)17-9-7-8-14(11-17)16-10-12(3)4/h12-14,16H,5-11H2,1-4H3. The molecule has 0 bridgehead atoms. The fraction of sp³-hybridized carbons (Fsp3) is 0.933. The first-order valence-electron chi connectivity index (χ1n) is 7.60. The summed E-state index contributed by atoms with van der Waals surface area (Å²) in [5, 5.41) is 3.59. The topological polar surface area (TPSA) is 32.3 Å². The van der Waals surface area contributed by atoms with E-state index in [1.165, 1.54) is 6.42 Å². The monoisotopic (exact) mass is 254 g/mol. The van der Waals surface area contributed by atoms with E-state index < -0.39 is 0 Å². The number of piperidine rings is 1. The molecule has 0 aliphatic carbocycles. The van der Waals surface area contributed by atoms with Crippen LogP contribution in [-0.2, 0) is 4.79 Å². The molecule has 0 radical (unpaired) electrons. The Balaban J connectivity index is 2.45. The third kappa shape index (κ3) is 4.60. The van der Waals surface area contributed by atoms with Gasteiger partial charge < -0.3 is 10.2 Å². The number of carbonyl (C=O) groups excluding carboxylic acids is 1. The number of hydrogen-bond donors (Lipinski definition) is 1. The summed E-state index contributed by atoms with van der Waals surface area (Å²) in [6.07, 6.45) is 4.28. The molecule has 3 heteroatoms. The highest BCUT2D eigenvalue weighted by atomic mass is 16.2. The first-order chi connectivity index (χ1) is 8.58. The maximum atomic E-state index is 12.3. The van der Waals surface area contributed by atoms with E-state index >= 15 is 0 Å². The fourth-order valence-electron chi connectivity index (χ4n) is 2.64. The van der Waals surface area contributed by atoms with Crippen LogP contribution in [0.1, 0.15) is 53.4 Å². The second kappa shape index (κ2) is 7.78. The Kier molecular flexibility index (Phi) is 6.69. The van der Waals surface area contributed by atoms with Gasteiger partial charge >= 0.3 is 0 Å². The number of rotatable bonds is 6. The van der Waals surface area contributed by atoms with Crippen molar-refractivity contribution in [1.29, 1.82) is 0 Å². The summed E-state index contributed by atoms with van der Waals surface area (Å²) in [5.41, 5.74) is 0. The molecule has 1 aliphatic rings. The third-order valence-electron chi connectivity index (χ3n) is 3.88. The largest absolute Gasteiger partial charge is 0.341 e. The van der Waals surface area contributed by atoms with Crippen LogP contribution >= 0.6 is 0 Å². The lowest BCUT2D eigenvalue weighted by atomic mass is 9.98. The molecule has 18 heavy (non-hydrogen) atoms. The normalized spacial score (nSPS) is 20.8. The molecule has 1 N–H and O–H groups in total. The molecule has 0 aromatic heterocycles. The zero-order chi connectivity index (χ0) is 13.5. The van der Waals surface area contributed by atoms with Crippen LogP contribution < -0.4 is 5.32 Å². The van der Waals surface area contributed by atoms with Gasteiger partial charge in [0, 0.05) is 25.0 Å². The molecule has 3 nitrogen and oxygen atoms in total. The molecule has 1 amide bonds. The van der Waals surface area contributed by atoms with Gasteiger partial charge in [0.05, 0.1) is 0 Å². The smallest absolute Gasteiger partial charge is 0.225 e. The van der Waals surface area contributed by atoms with Gasteiger partial charge in [0.1, 0.15) is 0 Å². The van der Waals surface area contributed by atoms with E-state index in [1.54, 1.807) is 0 Å². The van der Waals surface area contributed by atoms with Crippen LogP contribution in [0, 0.1) is 11.8 Å². The molecular weight excluding hydrogens is 224 g/mol. The molecule has 106 valence electrons. The van der Waals surface area contributed by atoms with Crippen molar-refractivity contribution in [1.82, 2.24) is 10.2 Å². The number of nitrogens with zero attached hydrogens (tertiary/aromatic N) is 1. The lowest BCUT2D eigenvalue weighted by Gasteiger charge is -2.35. The van der Waals surface area contributed by atoms with Gasteiger partial charge in [0.25, 0.3) is 0 Å². The van der Waals surface area contributed by atoms with E-state index in [-0.39, 0.29) is 5.92 Å². The van der Waals surface area contributed by atoms with E-state index in [0.717, 1.165) is 38.9 Å². The van der Waals surface area contributed by atoms with Gasteiger partial charge in [-0.3, -0.25) is 4.79 Å². The molecular formula is C15H30N2O. The predicted octanol–water partition coefficient (Wildman–Crippen LogP) is 2.66. The van der Waals surface area contributed by atoms with Crippen LogP contribution in [0.25, 0.3) is 0 Å². The van der Waals surface area contributed by atoms with Gasteiger partial charge in [-0.15, -0.1) is 0 Å². The molecule has 0 saturated carbocycles. The zero-order valence-electron chi connectivity index (χ0n) is 12.5. The molecule has 1 heterocycles. The average Bonchev–Trinajstić information content (AvgIpc) is 2.38. The van der Waals surface area contributed by atoms with Crippen LogP contribution in [-0.4, -0.2) is 36.5 Å². The summed E-state index contributed by atoms with van der Waals surface area (Å²) >= 11 is 0. The molecule has 0 spiro atoms. The maximum absolute atomic E-state index is 12.3. The molecule has 0 aromatic rings. The molecule has 1 atom stereocenters. The minimum atomic E-state index is 0.230. The van der Waals surface area contributed by atoms with Crippen molar-refractivity contribution < 1.29 is 4.79 Å². The lowest BCUT2D eigenvalue weighted by molar-refractivity contribution is -0.137. The third-order valence-corrected chi connectivity index (χ3v) is 3.88. The van der Waals surface area contributed by atoms with Gasteiger partial charge in [-0.2, -0.15) is 0 Å². The molecule has 1 unspecified atom stereocenters. The number of likely N-dealkylation sites (tertiary alicyclic amines) is 1. The Morgan fingerprint density at radius 3 is 2.56 bits per heavy atom. The SMILES string of the molecule is CCC(CC)C(=O)N1CCCC(NCC(C)C)C1. The van der Waals surface area contributed by atoms with Gasteiger partial charge in [0.15, 0.2) is 0 Å². The van der Waals surface area contributed by atoms with E-state index in [4.69, 9.17) is 0 Å². The minimum Gasteiger partial charge on any atom is -0.341 e. The first-order valence-corrected chi connectivity index (χ1v) is 7.60. The predicted molar refractivity (Wildman–Crippen MR) is 76.5 cm³/mol. The summed E-state index contributed by atoms with van der Waals surface area (Å²) < 4.78 is 0. The Morgan fingerprint density at radius 1 is 1.33 bits per heavy atom. The van der Waals surface area contributed by atoms with Crippen molar-refractivity contribution in [2.24, 2.45) is 11.8 Å². The van der Waals surface area contributed by atoms with Gasteiger partial charge in [-0.1, -0.05) is 27.7 Å². The maximum Gasteiger partial charge on any atom is 0.225 e. The molecule has 1 saturated heterocycles. The van der Waals surface area contributed by atoms with Crippen molar-refractivity contribution in [3.63, 3.8) is 0 Å². The highest BCUT2D eigenvalue weighted by molar-refractivity contribution is 5.78. The Labute approximate surface area is 112 Å². The van der Waals surface area contributed by atoms with Crippen molar-refractivity contribution in [3.05, 3.63) is 0 Å². The molecule has 1 aliphatic heterocycles. The van der Waals surface area contributed by atoms with E-state index in [2.05, 4.69) is 37.9 Å². The van der Waals surface area contributed by atoms with Crippen LogP contribution in [0.4, 0.5) is 0 Å². The average molecular weight is 254 g/mol. The summed E-state index contributed by atoms with van der Waals surface area (Å²) in [4.78, 5) is 14.4. The van der Waals surface area contributed by atoms with Gasteiger partial charge in [-0.25, -0.2) is 0 Å². The summed E-state index contributed by atoms with van der Waals surface area (Å²) in [7, 11) is 0.